The topological polar surface area (TPSA) is 75.5 Å². The van der Waals surface area contributed by atoms with E-state index < -0.39 is 4.92 Å². The maximum absolute atomic E-state index is 12.6. The molecule has 0 radical (unpaired) electrons. The standard InChI is InChI=1S/C16H17N3O3S/c20-16(17-12-9-18-6-4-10(12)5-7-18)15-8-11-13(19(21)22)2-1-3-14(11)23-15/h1-3,8,10,12H,4-7,9H2,(H,17,20)/t12-/m1/s1. The molecule has 0 unspecified atom stereocenters. The number of non-ortho nitro benzene ring substituents is 1. The molecule has 6 nitrogen and oxygen atoms in total. The SMILES string of the molecule is O=C(N[C@@H]1CN2CCC1CC2)c1cc2c([N+](=O)[O-])cccc2s1. The van der Waals surface area contributed by atoms with E-state index in [0.29, 0.717) is 16.2 Å². The number of hydrogen-bond acceptors (Lipinski definition) is 5. The molecule has 1 amide bonds. The van der Waals surface area contributed by atoms with Crippen molar-refractivity contribution in [3.05, 3.63) is 39.3 Å². The van der Waals surface area contributed by atoms with Crippen LogP contribution in [0.15, 0.2) is 24.3 Å². The molecule has 120 valence electrons. The minimum atomic E-state index is -0.399. The molecule has 0 spiro atoms. The molecule has 5 rings (SSSR count). The maximum atomic E-state index is 12.6. The Morgan fingerprint density at radius 2 is 2.13 bits per heavy atom. The van der Waals surface area contributed by atoms with Gasteiger partial charge in [0.25, 0.3) is 11.6 Å². The number of nitrogens with one attached hydrogen (secondary N) is 1. The van der Waals surface area contributed by atoms with E-state index in [1.54, 1.807) is 12.1 Å². The number of nitro benzene ring substituents is 1. The second-order valence-corrected chi connectivity index (χ2v) is 7.36. The van der Waals surface area contributed by atoms with Gasteiger partial charge in [-0.3, -0.25) is 14.9 Å². The van der Waals surface area contributed by atoms with Gasteiger partial charge in [-0.25, -0.2) is 0 Å². The molecule has 2 aromatic rings. The Labute approximate surface area is 137 Å². The fraction of sp³-hybridized carbons (Fsp3) is 0.438. The number of fused-ring (bicyclic) bond motifs is 4. The second-order valence-electron chi connectivity index (χ2n) is 6.27. The van der Waals surface area contributed by atoms with E-state index in [4.69, 9.17) is 0 Å². The molecule has 1 aromatic carbocycles. The van der Waals surface area contributed by atoms with Crippen molar-refractivity contribution < 1.29 is 9.72 Å². The first kappa shape index (κ1) is 14.6. The van der Waals surface area contributed by atoms with Crippen LogP contribution in [0.4, 0.5) is 5.69 Å². The Hall–Kier alpha value is -1.99. The van der Waals surface area contributed by atoms with Crippen LogP contribution in [0.25, 0.3) is 10.1 Å². The normalized spacial score (nSPS) is 26.3. The number of benzene rings is 1. The lowest BCUT2D eigenvalue weighted by atomic mass is 9.84. The highest BCUT2D eigenvalue weighted by Gasteiger charge is 2.35. The molecule has 3 fully saturated rings. The van der Waals surface area contributed by atoms with Crippen molar-refractivity contribution in [3.63, 3.8) is 0 Å². The fourth-order valence-corrected chi connectivity index (χ4v) is 4.67. The van der Waals surface area contributed by atoms with Crippen molar-refractivity contribution >= 4 is 33.0 Å². The van der Waals surface area contributed by atoms with E-state index in [1.165, 1.54) is 17.4 Å². The lowest BCUT2D eigenvalue weighted by Crippen LogP contribution is -2.57. The highest BCUT2D eigenvalue weighted by Crippen LogP contribution is 2.33. The molecule has 0 aliphatic carbocycles. The van der Waals surface area contributed by atoms with Crippen molar-refractivity contribution in [2.45, 2.75) is 18.9 Å². The number of carbonyl (C=O) groups excluding carboxylic acids is 1. The molecular formula is C16H17N3O3S. The van der Waals surface area contributed by atoms with Gasteiger partial charge in [0.15, 0.2) is 0 Å². The van der Waals surface area contributed by atoms with Crippen LogP contribution in [0, 0.1) is 16.0 Å². The molecular weight excluding hydrogens is 314 g/mol. The Morgan fingerprint density at radius 3 is 2.78 bits per heavy atom. The summed E-state index contributed by atoms with van der Waals surface area (Å²) in [7, 11) is 0. The number of nitro groups is 1. The highest BCUT2D eigenvalue weighted by atomic mass is 32.1. The molecule has 1 N–H and O–H groups in total. The zero-order valence-electron chi connectivity index (χ0n) is 12.5. The van der Waals surface area contributed by atoms with Crippen LogP contribution in [0.3, 0.4) is 0 Å². The van der Waals surface area contributed by atoms with Gasteiger partial charge >= 0.3 is 0 Å². The molecule has 0 saturated carbocycles. The fourth-order valence-electron chi connectivity index (χ4n) is 3.68. The molecule has 7 heteroatoms. The van der Waals surface area contributed by atoms with Gasteiger partial charge in [0.1, 0.15) is 0 Å². The van der Waals surface area contributed by atoms with E-state index in [2.05, 4.69) is 10.2 Å². The summed E-state index contributed by atoms with van der Waals surface area (Å²) in [5.41, 5.74) is 0.0561. The second kappa shape index (κ2) is 5.58. The molecule has 2 bridgehead atoms. The van der Waals surface area contributed by atoms with Gasteiger partial charge in [-0.05, 0) is 44.0 Å². The summed E-state index contributed by atoms with van der Waals surface area (Å²) < 4.78 is 0.776. The predicted octanol–water partition coefficient (Wildman–Crippen LogP) is 2.63. The van der Waals surface area contributed by atoms with Gasteiger partial charge in [-0.1, -0.05) is 6.07 Å². The van der Waals surface area contributed by atoms with Gasteiger partial charge in [-0.15, -0.1) is 11.3 Å². The Morgan fingerprint density at radius 1 is 1.35 bits per heavy atom. The molecule has 3 aliphatic rings. The van der Waals surface area contributed by atoms with E-state index in [0.717, 1.165) is 37.2 Å². The lowest BCUT2D eigenvalue weighted by Gasteiger charge is -2.44. The van der Waals surface area contributed by atoms with Gasteiger partial charge < -0.3 is 10.2 Å². The van der Waals surface area contributed by atoms with E-state index in [1.807, 2.05) is 6.07 Å². The number of rotatable bonds is 3. The van der Waals surface area contributed by atoms with Crippen molar-refractivity contribution in [1.29, 1.82) is 0 Å². The van der Waals surface area contributed by atoms with Crippen LogP contribution in [0.2, 0.25) is 0 Å². The average Bonchev–Trinajstić information content (AvgIpc) is 3.00. The summed E-state index contributed by atoms with van der Waals surface area (Å²) in [6.45, 7) is 3.18. The van der Waals surface area contributed by atoms with E-state index in [-0.39, 0.29) is 17.6 Å². The molecule has 1 atom stereocenters. The average molecular weight is 331 g/mol. The number of amides is 1. The quantitative estimate of drug-likeness (QED) is 0.693. The van der Waals surface area contributed by atoms with Crippen molar-refractivity contribution in [3.8, 4) is 0 Å². The van der Waals surface area contributed by atoms with Crippen LogP contribution in [0.1, 0.15) is 22.5 Å². The van der Waals surface area contributed by atoms with Crippen molar-refractivity contribution in [2.24, 2.45) is 5.92 Å². The van der Waals surface area contributed by atoms with Crippen molar-refractivity contribution in [1.82, 2.24) is 10.2 Å². The third-order valence-corrected chi connectivity index (χ3v) is 6.03. The van der Waals surface area contributed by atoms with Gasteiger partial charge in [-0.2, -0.15) is 0 Å². The minimum absolute atomic E-state index is 0.0561. The maximum Gasteiger partial charge on any atom is 0.278 e. The number of hydrogen-bond donors (Lipinski definition) is 1. The van der Waals surface area contributed by atoms with Crippen molar-refractivity contribution in [2.75, 3.05) is 19.6 Å². The predicted molar refractivity (Wildman–Crippen MR) is 88.9 cm³/mol. The van der Waals surface area contributed by atoms with Crippen LogP contribution in [-0.4, -0.2) is 41.4 Å². The largest absolute Gasteiger partial charge is 0.347 e. The van der Waals surface area contributed by atoms with Crippen LogP contribution < -0.4 is 5.32 Å². The number of piperidine rings is 3. The van der Waals surface area contributed by atoms with E-state index >= 15 is 0 Å². The summed E-state index contributed by atoms with van der Waals surface area (Å²) in [4.78, 5) is 26.2. The summed E-state index contributed by atoms with van der Waals surface area (Å²) >= 11 is 1.32. The highest BCUT2D eigenvalue weighted by molar-refractivity contribution is 7.20. The number of nitrogens with zero attached hydrogens (tertiary/aromatic N) is 2. The van der Waals surface area contributed by atoms with Gasteiger partial charge in [0, 0.05) is 23.4 Å². The summed E-state index contributed by atoms with van der Waals surface area (Å²) in [5, 5.41) is 14.8. The molecule has 3 saturated heterocycles. The molecule has 1 aromatic heterocycles. The Kier molecular flexibility index (Phi) is 3.54. The van der Waals surface area contributed by atoms with Crippen LogP contribution in [-0.2, 0) is 0 Å². The van der Waals surface area contributed by atoms with Gasteiger partial charge in [0.2, 0.25) is 0 Å². The smallest absolute Gasteiger partial charge is 0.278 e. The summed E-state index contributed by atoms with van der Waals surface area (Å²) in [6.07, 6.45) is 2.28. The Bertz CT molecular complexity index is 780. The van der Waals surface area contributed by atoms with E-state index in [9.17, 15) is 14.9 Å². The zero-order valence-corrected chi connectivity index (χ0v) is 13.3. The van der Waals surface area contributed by atoms with Crippen LogP contribution >= 0.6 is 11.3 Å². The Balaban J connectivity index is 1.58. The molecule has 23 heavy (non-hydrogen) atoms. The lowest BCUT2D eigenvalue weighted by molar-refractivity contribution is -0.383. The summed E-state index contributed by atoms with van der Waals surface area (Å²) in [5.74, 6) is 0.451. The van der Waals surface area contributed by atoms with Crippen LogP contribution in [0.5, 0.6) is 0 Å². The third-order valence-electron chi connectivity index (χ3n) is 4.93. The first-order valence-electron chi connectivity index (χ1n) is 7.82. The monoisotopic (exact) mass is 331 g/mol. The molecule has 4 heterocycles. The number of carbonyl (C=O) groups is 1. The minimum Gasteiger partial charge on any atom is -0.347 e. The first-order chi connectivity index (χ1) is 11.1. The zero-order chi connectivity index (χ0) is 16.0. The summed E-state index contributed by atoms with van der Waals surface area (Å²) in [6, 6.07) is 6.80. The molecule has 3 aliphatic heterocycles. The third kappa shape index (κ3) is 2.60. The van der Waals surface area contributed by atoms with Gasteiger partial charge in [0.05, 0.1) is 15.2 Å². The number of thiophene rings is 1. The first-order valence-corrected chi connectivity index (χ1v) is 8.63.